The highest BCUT2D eigenvalue weighted by Gasteiger charge is 2.24. The van der Waals surface area contributed by atoms with E-state index in [4.69, 9.17) is 5.11 Å². The number of carbonyl (C=O) groups is 3. The third-order valence-electron chi connectivity index (χ3n) is 2.54. The van der Waals surface area contributed by atoms with Crippen molar-refractivity contribution in [2.24, 2.45) is 0 Å². The highest BCUT2D eigenvalue weighted by molar-refractivity contribution is 5.95. The number of carboxylic acids is 1. The molecule has 0 heterocycles. The van der Waals surface area contributed by atoms with Crippen LogP contribution >= 0.6 is 0 Å². The first-order chi connectivity index (χ1) is 9.16. The zero-order valence-electron chi connectivity index (χ0n) is 12.2. The number of hydrogen-bond donors (Lipinski definition) is 3. The van der Waals surface area contributed by atoms with E-state index < -0.39 is 17.9 Å². The number of amides is 3. The molecule has 0 bridgehead atoms. The lowest BCUT2D eigenvalue weighted by atomic mass is 10.1. The standard InChI is InChI=1S/C13H23N3O4/c1-5-7-14-12(20)15-10(17)9-16(13(2,3)4)8-6-11(18)19/h5H,1,6-9H2,2-4H3,(H,18,19)(H2,14,15,17,20). The second kappa shape index (κ2) is 8.31. The van der Waals surface area contributed by atoms with Gasteiger partial charge in [0.25, 0.3) is 0 Å². The van der Waals surface area contributed by atoms with Crippen LogP contribution in [0.15, 0.2) is 12.7 Å². The predicted octanol–water partition coefficient (Wildman–Crippen LogP) is 0.573. The Balaban J connectivity index is 4.42. The Morgan fingerprint density at radius 2 is 1.90 bits per heavy atom. The van der Waals surface area contributed by atoms with Crippen LogP contribution in [0.4, 0.5) is 4.79 Å². The molecule has 3 amide bonds. The maximum atomic E-state index is 11.7. The van der Waals surface area contributed by atoms with Crippen LogP contribution < -0.4 is 10.6 Å². The Hall–Kier alpha value is -1.89. The fraction of sp³-hybridized carbons (Fsp3) is 0.615. The van der Waals surface area contributed by atoms with E-state index in [1.54, 1.807) is 4.90 Å². The summed E-state index contributed by atoms with van der Waals surface area (Å²) in [6.07, 6.45) is 1.44. The van der Waals surface area contributed by atoms with Gasteiger partial charge in [-0.1, -0.05) is 6.08 Å². The third-order valence-corrected chi connectivity index (χ3v) is 2.54. The maximum absolute atomic E-state index is 11.7. The minimum Gasteiger partial charge on any atom is -0.481 e. The van der Waals surface area contributed by atoms with Crippen molar-refractivity contribution in [2.45, 2.75) is 32.7 Å². The number of carboxylic acid groups (broad SMARTS) is 1. The van der Waals surface area contributed by atoms with Crippen molar-refractivity contribution in [1.29, 1.82) is 0 Å². The summed E-state index contributed by atoms with van der Waals surface area (Å²) in [6.45, 7) is 9.53. The minimum absolute atomic E-state index is 0.0434. The van der Waals surface area contributed by atoms with Gasteiger partial charge in [-0.3, -0.25) is 19.8 Å². The van der Waals surface area contributed by atoms with Crippen LogP contribution in [-0.2, 0) is 9.59 Å². The number of rotatable bonds is 7. The number of hydrogen-bond acceptors (Lipinski definition) is 4. The van der Waals surface area contributed by atoms with Gasteiger partial charge in [-0.15, -0.1) is 6.58 Å². The number of imide groups is 1. The summed E-state index contributed by atoms with van der Waals surface area (Å²) in [4.78, 5) is 35.4. The lowest BCUT2D eigenvalue weighted by Gasteiger charge is -2.34. The third kappa shape index (κ3) is 8.25. The molecule has 0 fully saturated rings. The van der Waals surface area contributed by atoms with Gasteiger partial charge in [0, 0.05) is 18.6 Å². The average molecular weight is 285 g/mol. The summed E-state index contributed by atoms with van der Waals surface area (Å²) in [5.74, 6) is -1.41. The molecule has 0 rings (SSSR count). The highest BCUT2D eigenvalue weighted by Crippen LogP contribution is 2.13. The molecule has 3 N–H and O–H groups in total. The number of aliphatic carboxylic acids is 1. The molecular weight excluding hydrogens is 262 g/mol. The molecule has 20 heavy (non-hydrogen) atoms. The number of nitrogens with zero attached hydrogens (tertiary/aromatic N) is 1. The normalized spacial score (nSPS) is 11.0. The van der Waals surface area contributed by atoms with Gasteiger partial charge in [0.05, 0.1) is 13.0 Å². The quantitative estimate of drug-likeness (QED) is 0.594. The van der Waals surface area contributed by atoms with Crippen LogP contribution in [-0.4, -0.2) is 53.1 Å². The number of nitrogens with one attached hydrogen (secondary N) is 2. The number of carbonyl (C=O) groups excluding carboxylic acids is 2. The van der Waals surface area contributed by atoms with Gasteiger partial charge in [0.1, 0.15) is 0 Å². The van der Waals surface area contributed by atoms with E-state index in [0.717, 1.165) is 0 Å². The lowest BCUT2D eigenvalue weighted by Crippen LogP contribution is -2.50. The average Bonchev–Trinajstić information content (AvgIpc) is 2.30. The van der Waals surface area contributed by atoms with Crippen molar-refractivity contribution in [3.05, 3.63) is 12.7 Å². The summed E-state index contributed by atoms with van der Waals surface area (Å²) in [5.41, 5.74) is -0.371. The zero-order chi connectivity index (χ0) is 15.8. The van der Waals surface area contributed by atoms with Crippen LogP contribution in [0.25, 0.3) is 0 Å². The van der Waals surface area contributed by atoms with Crippen molar-refractivity contribution in [3.63, 3.8) is 0 Å². The second-order valence-corrected chi connectivity index (χ2v) is 5.28. The SMILES string of the molecule is C=CCNC(=O)NC(=O)CN(CCC(=O)O)C(C)(C)C. The largest absolute Gasteiger partial charge is 0.481 e. The topological polar surface area (TPSA) is 98.7 Å². The molecule has 0 unspecified atom stereocenters. The van der Waals surface area contributed by atoms with Gasteiger partial charge in [0.15, 0.2) is 0 Å². The van der Waals surface area contributed by atoms with Crippen LogP contribution in [0.2, 0.25) is 0 Å². The Bertz CT molecular complexity index is 374. The number of urea groups is 1. The summed E-state index contributed by atoms with van der Waals surface area (Å²) < 4.78 is 0. The molecule has 0 saturated carbocycles. The highest BCUT2D eigenvalue weighted by atomic mass is 16.4. The molecule has 0 radical (unpaired) electrons. The van der Waals surface area contributed by atoms with Crippen LogP contribution in [0, 0.1) is 0 Å². The Morgan fingerprint density at radius 3 is 2.35 bits per heavy atom. The van der Waals surface area contributed by atoms with Gasteiger partial charge in [-0.25, -0.2) is 4.79 Å². The molecule has 7 nitrogen and oxygen atoms in total. The van der Waals surface area contributed by atoms with E-state index in [-0.39, 0.29) is 31.6 Å². The lowest BCUT2D eigenvalue weighted by molar-refractivity contribution is -0.138. The summed E-state index contributed by atoms with van der Waals surface area (Å²) in [5, 5.41) is 13.3. The van der Waals surface area contributed by atoms with E-state index in [1.165, 1.54) is 6.08 Å². The van der Waals surface area contributed by atoms with Gasteiger partial charge >= 0.3 is 12.0 Å². The molecule has 114 valence electrons. The fourth-order valence-corrected chi connectivity index (χ4v) is 1.43. The molecule has 0 aromatic heterocycles. The Morgan fingerprint density at radius 1 is 1.30 bits per heavy atom. The van der Waals surface area contributed by atoms with Crippen molar-refractivity contribution in [2.75, 3.05) is 19.6 Å². The van der Waals surface area contributed by atoms with E-state index >= 15 is 0 Å². The Kier molecular flexibility index (Phi) is 7.53. The monoisotopic (exact) mass is 285 g/mol. The molecule has 0 aromatic rings. The first-order valence-electron chi connectivity index (χ1n) is 6.32. The Labute approximate surface area is 119 Å². The smallest absolute Gasteiger partial charge is 0.321 e. The van der Waals surface area contributed by atoms with Gasteiger partial charge < -0.3 is 10.4 Å². The molecule has 0 atom stereocenters. The van der Waals surface area contributed by atoms with Gasteiger partial charge in [-0.05, 0) is 20.8 Å². The molecule has 0 aliphatic rings. The van der Waals surface area contributed by atoms with Crippen molar-refractivity contribution < 1.29 is 19.5 Å². The van der Waals surface area contributed by atoms with Gasteiger partial charge in [-0.2, -0.15) is 0 Å². The van der Waals surface area contributed by atoms with Gasteiger partial charge in [0.2, 0.25) is 5.91 Å². The molecule has 0 aliphatic heterocycles. The van der Waals surface area contributed by atoms with Crippen molar-refractivity contribution in [3.8, 4) is 0 Å². The summed E-state index contributed by atoms with van der Waals surface area (Å²) in [7, 11) is 0. The summed E-state index contributed by atoms with van der Waals surface area (Å²) in [6, 6.07) is -0.595. The molecule has 0 saturated heterocycles. The molecular formula is C13H23N3O4. The molecule has 0 spiro atoms. The van der Waals surface area contributed by atoms with Crippen molar-refractivity contribution >= 4 is 17.9 Å². The van der Waals surface area contributed by atoms with E-state index in [0.29, 0.717) is 0 Å². The molecule has 0 aliphatic carbocycles. The van der Waals surface area contributed by atoms with Crippen LogP contribution in [0.5, 0.6) is 0 Å². The van der Waals surface area contributed by atoms with Crippen molar-refractivity contribution in [1.82, 2.24) is 15.5 Å². The van der Waals surface area contributed by atoms with E-state index in [9.17, 15) is 14.4 Å². The molecule has 7 heteroatoms. The van der Waals surface area contributed by atoms with E-state index in [1.807, 2.05) is 20.8 Å². The van der Waals surface area contributed by atoms with E-state index in [2.05, 4.69) is 17.2 Å². The van der Waals surface area contributed by atoms with Crippen LogP contribution in [0.1, 0.15) is 27.2 Å². The second-order valence-electron chi connectivity index (χ2n) is 5.28. The maximum Gasteiger partial charge on any atom is 0.321 e. The zero-order valence-corrected chi connectivity index (χ0v) is 12.2. The minimum atomic E-state index is -0.927. The summed E-state index contributed by atoms with van der Waals surface area (Å²) >= 11 is 0. The fourth-order valence-electron chi connectivity index (χ4n) is 1.43. The van der Waals surface area contributed by atoms with Crippen LogP contribution in [0.3, 0.4) is 0 Å². The first kappa shape index (κ1) is 18.1. The molecule has 0 aromatic carbocycles. The predicted molar refractivity (Wildman–Crippen MR) is 75.3 cm³/mol. The first-order valence-corrected chi connectivity index (χ1v) is 6.32.